The third-order valence-corrected chi connectivity index (χ3v) is 3.40. The molecule has 0 aliphatic heterocycles. The van der Waals surface area contributed by atoms with Crippen molar-refractivity contribution < 1.29 is 14.3 Å². The molecule has 2 rings (SSSR count). The maximum absolute atomic E-state index is 12.4. The molecule has 132 valence electrons. The SMILES string of the molecule is CCC(=O)Nc1cccc(NC(=O)c2cccc(OCC(C)C)c2)c1. The Bertz CT molecular complexity index is 741. The smallest absolute Gasteiger partial charge is 0.255 e. The Morgan fingerprint density at radius 3 is 2.36 bits per heavy atom. The van der Waals surface area contributed by atoms with Crippen LogP contribution >= 0.6 is 0 Å². The van der Waals surface area contributed by atoms with Gasteiger partial charge in [-0.05, 0) is 42.3 Å². The first-order valence-electron chi connectivity index (χ1n) is 8.42. The molecule has 0 heterocycles. The number of hydrogen-bond acceptors (Lipinski definition) is 3. The lowest BCUT2D eigenvalue weighted by molar-refractivity contribution is -0.115. The van der Waals surface area contributed by atoms with E-state index in [1.54, 1.807) is 49.4 Å². The molecule has 0 saturated carbocycles. The van der Waals surface area contributed by atoms with E-state index in [-0.39, 0.29) is 11.8 Å². The molecule has 0 aromatic heterocycles. The van der Waals surface area contributed by atoms with Gasteiger partial charge >= 0.3 is 0 Å². The summed E-state index contributed by atoms with van der Waals surface area (Å²) >= 11 is 0. The van der Waals surface area contributed by atoms with Gasteiger partial charge in [0, 0.05) is 23.4 Å². The van der Waals surface area contributed by atoms with E-state index in [0.717, 1.165) is 0 Å². The third-order valence-electron chi connectivity index (χ3n) is 3.40. The Hall–Kier alpha value is -2.82. The lowest BCUT2D eigenvalue weighted by atomic mass is 10.2. The van der Waals surface area contributed by atoms with E-state index in [0.29, 0.717) is 41.6 Å². The van der Waals surface area contributed by atoms with Crippen molar-refractivity contribution in [3.8, 4) is 5.75 Å². The Balaban J connectivity index is 2.05. The predicted molar refractivity (Wildman–Crippen MR) is 100 cm³/mol. The Labute approximate surface area is 148 Å². The second kappa shape index (κ2) is 8.87. The Morgan fingerprint density at radius 1 is 1.00 bits per heavy atom. The van der Waals surface area contributed by atoms with Gasteiger partial charge in [0.2, 0.25) is 5.91 Å². The third kappa shape index (κ3) is 5.95. The number of ether oxygens (including phenoxy) is 1. The standard InChI is InChI=1S/C20H24N2O3/c1-4-19(23)21-16-8-6-9-17(12-16)22-20(24)15-7-5-10-18(11-15)25-13-14(2)3/h5-12,14H,4,13H2,1-3H3,(H,21,23)(H,22,24). The molecule has 2 aromatic rings. The second-order valence-corrected chi connectivity index (χ2v) is 6.17. The fraction of sp³-hybridized carbons (Fsp3) is 0.300. The summed E-state index contributed by atoms with van der Waals surface area (Å²) in [5.74, 6) is 0.788. The van der Waals surface area contributed by atoms with Gasteiger partial charge in [-0.15, -0.1) is 0 Å². The zero-order valence-electron chi connectivity index (χ0n) is 14.8. The van der Waals surface area contributed by atoms with Crippen molar-refractivity contribution in [3.05, 3.63) is 54.1 Å². The summed E-state index contributed by atoms with van der Waals surface area (Å²) in [6.07, 6.45) is 0.403. The van der Waals surface area contributed by atoms with Crippen LogP contribution in [0.25, 0.3) is 0 Å². The minimum atomic E-state index is -0.228. The van der Waals surface area contributed by atoms with Crippen LogP contribution in [-0.4, -0.2) is 18.4 Å². The molecule has 0 radical (unpaired) electrons. The first kappa shape index (κ1) is 18.5. The van der Waals surface area contributed by atoms with Crippen LogP contribution in [0.15, 0.2) is 48.5 Å². The number of benzene rings is 2. The van der Waals surface area contributed by atoms with Crippen molar-refractivity contribution in [2.45, 2.75) is 27.2 Å². The van der Waals surface area contributed by atoms with Crippen LogP contribution in [0.5, 0.6) is 5.75 Å². The van der Waals surface area contributed by atoms with Crippen LogP contribution in [-0.2, 0) is 4.79 Å². The molecular formula is C20H24N2O3. The number of rotatable bonds is 7. The van der Waals surface area contributed by atoms with E-state index in [2.05, 4.69) is 24.5 Å². The Morgan fingerprint density at radius 2 is 1.68 bits per heavy atom. The fourth-order valence-corrected chi connectivity index (χ4v) is 2.12. The molecule has 0 fully saturated rings. The minimum Gasteiger partial charge on any atom is -0.493 e. The van der Waals surface area contributed by atoms with Crippen LogP contribution in [0.2, 0.25) is 0 Å². The highest BCUT2D eigenvalue weighted by Crippen LogP contribution is 2.18. The summed E-state index contributed by atoms with van der Waals surface area (Å²) in [4.78, 5) is 23.9. The van der Waals surface area contributed by atoms with Crippen LogP contribution in [0.1, 0.15) is 37.6 Å². The number of amides is 2. The van der Waals surface area contributed by atoms with Crippen LogP contribution in [0.3, 0.4) is 0 Å². The van der Waals surface area contributed by atoms with Gasteiger partial charge < -0.3 is 15.4 Å². The molecule has 0 aliphatic carbocycles. The normalized spacial score (nSPS) is 10.4. The number of nitrogens with one attached hydrogen (secondary N) is 2. The summed E-state index contributed by atoms with van der Waals surface area (Å²) in [6, 6.07) is 14.2. The molecule has 0 aliphatic rings. The second-order valence-electron chi connectivity index (χ2n) is 6.17. The molecule has 2 aromatic carbocycles. The fourth-order valence-electron chi connectivity index (χ4n) is 2.12. The highest BCUT2D eigenvalue weighted by molar-refractivity contribution is 6.05. The maximum Gasteiger partial charge on any atom is 0.255 e. The molecule has 0 bridgehead atoms. The summed E-state index contributed by atoms with van der Waals surface area (Å²) in [5, 5.41) is 5.61. The van der Waals surface area contributed by atoms with E-state index in [1.165, 1.54) is 0 Å². The summed E-state index contributed by atoms with van der Waals surface area (Å²) in [6.45, 7) is 6.53. The van der Waals surface area contributed by atoms with E-state index in [4.69, 9.17) is 4.74 Å². The zero-order chi connectivity index (χ0) is 18.2. The van der Waals surface area contributed by atoms with Crippen molar-refractivity contribution in [1.82, 2.24) is 0 Å². The van der Waals surface area contributed by atoms with Crippen molar-refractivity contribution in [1.29, 1.82) is 0 Å². The van der Waals surface area contributed by atoms with E-state index in [9.17, 15) is 9.59 Å². The van der Waals surface area contributed by atoms with E-state index < -0.39 is 0 Å². The molecule has 0 unspecified atom stereocenters. The molecule has 5 nitrogen and oxygen atoms in total. The average molecular weight is 340 g/mol. The number of carbonyl (C=O) groups excluding carboxylic acids is 2. The quantitative estimate of drug-likeness (QED) is 0.788. The van der Waals surface area contributed by atoms with Crippen LogP contribution in [0.4, 0.5) is 11.4 Å². The highest BCUT2D eigenvalue weighted by Gasteiger charge is 2.09. The number of carbonyl (C=O) groups is 2. The number of anilines is 2. The molecule has 2 N–H and O–H groups in total. The molecular weight excluding hydrogens is 316 g/mol. The largest absolute Gasteiger partial charge is 0.493 e. The summed E-state index contributed by atoms with van der Waals surface area (Å²) < 4.78 is 5.66. The molecule has 0 saturated heterocycles. The highest BCUT2D eigenvalue weighted by atomic mass is 16.5. The molecule has 0 atom stereocenters. The van der Waals surface area contributed by atoms with E-state index >= 15 is 0 Å². The summed E-state index contributed by atoms with van der Waals surface area (Å²) in [7, 11) is 0. The predicted octanol–water partition coefficient (Wildman–Crippen LogP) is 4.32. The van der Waals surface area contributed by atoms with Gasteiger partial charge in [-0.1, -0.05) is 32.9 Å². The van der Waals surface area contributed by atoms with Gasteiger partial charge in [-0.3, -0.25) is 9.59 Å². The van der Waals surface area contributed by atoms with E-state index in [1.807, 2.05) is 6.07 Å². The van der Waals surface area contributed by atoms with Gasteiger partial charge in [0.05, 0.1) is 6.61 Å². The average Bonchev–Trinajstić information content (AvgIpc) is 2.60. The Kier molecular flexibility index (Phi) is 6.57. The van der Waals surface area contributed by atoms with Gasteiger partial charge in [-0.25, -0.2) is 0 Å². The first-order chi connectivity index (χ1) is 12.0. The van der Waals surface area contributed by atoms with Gasteiger partial charge in [0.25, 0.3) is 5.91 Å². The lowest BCUT2D eigenvalue weighted by Crippen LogP contribution is -2.13. The van der Waals surface area contributed by atoms with Crippen molar-refractivity contribution in [3.63, 3.8) is 0 Å². The van der Waals surface area contributed by atoms with Crippen LogP contribution < -0.4 is 15.4 Å². The lowest BCUT2D eigenvalue weighted by Gasteiger charge is -2.11. The van der Waals surface area contributed by atoms with Gasteiger partial charge in [0.1, 0.15) is 5.75 Å². The molecule has 0 spiro atoms. The van der Waals surface area contributed by atoms with Crippen LogP contribution in [0, 0.1) is 5.92 Å². The zero-order valence-corrected chi connectivity index (χ0v) is 14.8. The van der Waals surface area contributed by atoms with Crippen molar-refractivity contribution >= 4 is 23.2 Å². The monoisotopic (exact) mass is 340 g/mol. The maximum atomic E-state index is 12.4. The molecule has 5 heteroatoms. The minimum absolute atomic E-state index is 0.0709. The number of hydrogen-bond donors (Lipinski definition) is 2. The summed E-state index contributed by atoms with van der Waals surface area (Å²) in [5.41, 5.74) is 1.79. The first-order valence-corrected chi connectivity index (χ1v) is 8.42. The van der Waals surface area contributed by atoms with Crippen molar-refractivity contribution in [2.75, 3.05) is 17.2 Å². The van der Waals surface area contributed by atoms with Crippen molar-refractivity contribution in [2.24, 2.45) is 5.92 Å². The molecule has 25 heavy (non-hydrogen) atoms. The topological polar surface area (TPSA) is 67.4 Å². The van der Waals surface area contributed by atoms with Gasteiger partial charge in [0.15, 0.2) is 0 Å². The van der Waals surface area contributed by atoms with Gasteiger partial charge in [-0.2, -0.15) is 0 Å². The molecule has 2 amide bonds.